The van der Waals surface area contributed by atoms with E-state index in [-0.39, 0.29) is 51.3 Å². The summed E-state index contributed by atoms with van der Waals surface area (Å²) in [5.41, 5.74) is 4.51. The number of aliphatic hydroxyl groups is 4. The van der Waals surface area contributed by atoms with Gasteiger partial charge < -0.3 is 50.3 Å². The number of carbonyl (C=O) groups is 2. The van der Waals surface area contributed by atoms with Crippen molar-refractivity contribution >= 4 is 110 Å². The van der Waals surface area contributed by atoms with E-state index in [0.29, 0.717) is 83.9 Å². The number of nitrogens with zero attached hydrogens (tertiary/aromatic N) is 8. The number of rotatable bonds is 27. The normalized spacial score (nSPS) is 11.5. The van der Waals surface area contributed by atoms with Crippen molar-refractivity contribution in [2.45, 2.75) is 13.1 Å². The van der Waals surface area contributed by atoms with Crippen molar-refractivity contribution in [3.63, 3.8) is 0 Å². The summed E-state index contributed by atoms with van der Waals surface area (Å²) in [5.74, 6) is 2.26. The van der Waals surface area contributed by atoms with E-state index in [9.17, 15) is 30.0 Å². The highest BCUT2D eigenvalue weighted by atomic mass is 33.1. The number of aliphatic hydroxyl groups excluding tert-OH is 4. The number of ether oxygens (including phenoxy) is 2. The first-order chi connectivity index (χ1) is 32.3. The zero-order valence-corrected chi connectivity index (χ0v) is 39.9. The van der Waals surface area contributed by atoms with Crippen LogP contribution >= 0.6 is 44.3 Å². The maximum atomic E-state index is 13.2. The zero-order chi connectivity index (χ0) is 46.7. The number of benzene rings is 4. The van der Waals surface area contributed by atoms with E-state index < -0.39 is 0 Å². The van der Waals surface area contributed by atoms with Crippen LogP contribution in [0.4, 0.5) is 33.0 Å². The average molecular weight is 979 g/mol. The third-order valence-electron chi connectivity index (χ3n) is 9.89. The van der Waals surface area contributed by atoms with Crippen molar-refractivity contribution in [1.82, 2.24) is 10.6 Å². The maximum absolute atomic E-state index is 13.2. The lowest BCUT2D eigenvalue weighted by Crippen LogP contribution is -2.42. The molecule has 4 aromatic carbocycles. The van der Waals surface area contributed by atoms with Crippen LogP contribution in [-0.4, -0.2) is 124 Å². The molecule has 2 amide bonds. The van der Waals surface area contributed by atoms with Gasteiger partial charge in [0.1, 0.15) is 33.9 Å². The summed E-state index contributed by atoms with van der Waals surface area (Å²) >= 11 is 2.83. The molecular weight excluding hydrogens is 925 g/mol. The predicted molar refractivity (Wildman–Crippen MR) is 262 cm³/mol. The van der Waals surface area contributed by atoms with Gasteiger partial charge in [-0.2, -0.15) is 0 Å². The topological polar surface area (TPSA) is 221 Å². The smallest absolute Gasteiger partial charge is 0.410 e. The Labute approximate surface area is 398 Å². The highest BCUT2D eigenvalue weighted by Crippen LogP contribution is 2.32. The Morgan fingerprint density at radius 3 is 1.30 bits per heavy atom. The van der Waals surface area contributed by atoms with Gasteiger partial charge in [0.15, 0.2) is 13.1 Å². The van der Waals surface area contributed by atoms with Crippen LogP contribution in [0.1, 0.15) is 0 Å². The first kappa shape index (κ1) is 50.0. The number of hydrogen-bond donors (Lipinski definition) is 6. The lowest BCUT2D eigenvalue weighted by molar-refractivity contribution is -0.642. The number of nitrogens with one attached hydrogen (secondary N) is 2. The summed E-state index contributed by atoms with van der Waals surface area (Å²) < 4.78 is 16.4. The van der Waals surface area contributed by atoms with Crippen molar-refractivity contribution in [3.8, 4) is 11.5 Å². The summed E-state index contributed by atoms with van der Waals surface area (Å²) in [6.07, 6.45) is 0. The minimum Gasteiger partial charge on any atom is -0.497 e. The molecule has 6 rings (SSSR count). The van der Waals surface area contributed by atoms with Gasteiger partial charge in [-0.3, -0.25) is 9.59 Å². The van der Waals surface area contributed by atoms with Crippen LogP contribution in [-0.2, 0) is 22.7 Å². The van der Waals surface area contributed by atoms with Gasteiger partial charge in [-0.15, -0.1) is 0 Å². The number of amides is 2. The fourth-order valence-electron chi connectivity index (χ4n) is 6.68. The van der Waals surface area contributed by atoms with E-state index in [0.717, 1.165) is 31.8 Å². The highest BCUT2D eigenvalue weighted by molar-refractivity contribution is 8.76. The summed E-state index contributed by atoms with van der Waals surface area (Å²) in [7, 11) is 6.39. The van der Waals surface area contributed by atoms with Crippen LogP contribution < -0.4 is 39.0 Å². The van der Waals surface area contributed by atoms with E-state index in [4.69, 9.17) is 9.47 Å². The number of methoxy groups -OCH3 is 2. The Morgan fingerprint density at radius 1 is 0.576 bits per heavy atom. The minimum absolute atomic E-state index is 0.0269. The molecule has 6 aromatic rings. The van der Waals surface area contributed by atoms with Crippen molar-refractivity contribution in [2.75, 3.05) is 101 Å². The third kappa shape index (κ3) is 14.0. The number of anilines is 2. The molecule has 2 aromatic heterocycles. The Kier molecular flexibility index (Phi) is 19.7. The molecule has 18 nitrogen and oxygen atoms in total. The largest absolute Gasteiger partial charge is 0.497 e. The summed E-state index contributed by atoms with van der Waals surface area (Å²) in [5, 5.41) is 62.6. The average Bonchev–Trinajstić information content (AvgIpc) is 3.86. The first-order valence-corrected chi connectivity index (χ1v) is 25.1. The van der Waals surface area contributed by atoms with Crippen LogP contribution in [0.25, 0.3) is 20.4 Å². The Bertz CT molecular complexity index is 2370. The predicted octanol–water partition coefficient (Wildman–Crippen LogP) is 5.44. The van der Waals surface area contributed by atoms with Crippen LogP contribution in [0.2, 0.25) is 0 Å². The number of thiazole rings is 2. The molecule has 0 aliphatic rings. The van der Waals surface area contributed by atoms with Gasteiger partial charge in [-0.05, 0) is 106 Å². The van der Waals surface area contributed by atoms with Crippen LogP contribution in [0.3, 0.4) is 0 Å². The lowest BCUT2D eigenvalue weighted by Gasteiger charge is -2.22. The van der Waals surface area contributed by atoms with Crippen LogP contribution in [0.15, 0.2) is 105 Å². The Morgan fingerprint density at radius 2 is 0.955 bits per heavy atom. The second-order valence-corrected chi connectivity index (χ2v) is 19.0. The maximum Gasteiger partial charge on any atom is 0.410 e. The molecule has 2 heterocycles. The lowest BCUT2D eigenvalue weighted by atomic mass is 10.2. The van der Waals surface area contributed by atoms with E-state index in [1.165, 1.54) is 22.7 Å². The second kappa shape index (κ2) is 26.0. The molecule has 0 aliphatic heterocycles. The third-order valence-corrected chi connectivity index (χ3v) is 14.4. The van der Waals surface area contributed by atoms with Gasteiger partial charge in [0.2, 0.25) is 0 Å². The Balaban J connectivity index is 0.979. The first-order valence-electron chi connectivity index (χ1n) is 21.0. The van der Waals surface area contributed by atoms with E-state index in [1.807, 2.05) is 104 Å². The molecule has 0 atom stereocenters. The number of azo groups is 2. The van der Waals surface area contributed by atoms with Gasteiger partial charge in [-0.25, -0.2) is 9.13 Å². The van der Waals surface area contributed by atoms with Crippen molar-refractivity contribution in [1.29, 1.82) is 0 Å². The molecule has 0 unspecified atom stereocenters. The van der Waals surface area contributed by atoms with E-state index in [1.54, 1.807) is 35.8 Å². The summed E-state index contributed by atoms with van der Waals surface area (Å²) in [6.45, 7) is 2.41. The highest BCUT2D eigenvalue weighted by Gasteiger charge is 2.24. The summed E-state index contributed by atoms with van der Waals surface area (Å²) in [6, 6.07) is 26.0. The quantitative estimate of drug-likeness (QED) is 0.0165. The molecule has 0 saturated carbocycles. The molecule has 0 spiro atoms. The second-order valence-electron chi connectivity index (χ2n) is 14.3. The van der Waals surface area contributed by atoms with Crippen LogP contribution in [0.5, 0.6) is 11.5 Å². The molecule has 0 fully saturated rings. The van der Waals surface area contributed by atoms with Gasteiger partial charge >= 0.3 is 10.3 Å². The molecule has 0 saturated heterocycles. The van der Waals surface area contributed by atoms with Gasteiger partial charge in [0, 0.05) is 74.3 Å². The molecule has 6 N–H and O–H groups in total. The standard InChI is InChI=1S/C44H52N10O8S4/c1-61-35-11-13-39-37(27-35)53(43(65-39)49-47-31-3-7-33(8-4-31)51(17-21-55)18-22-56)29-41(59)45-15-25-63-64-26-16-46-42(60)30-54-38-28-36(62-2)12-14-40(38)66-44(54)50-48-32-5-9-34(10-6-32)52(19-23-57)20-24-58/h3-14,27-28,55-58H,15-26,29-30H2,1-2H3/p+2. The summed E-state index contributed by atoms with van der Waals surface area (Å²) in [4.78, 5) is 30.2. The van der Waals surface area contributed by atoms with Crippen molar-refractivity contribution in [3.05, 3.63) is 84.9 Å². The number of aromatic nitrogens is 2. The van der Waals surface area contributed by atoms with Gasteiger partial charge in [0.05, 0.1) is 60.3 Å². The fourth-order valence-corrected chi connectivity index (χ4v) is 10.4. The zero-order valence-electron chi connectivity index (χ0n) is 36.6. The number of hydrogen-bond acceptors (Lipinski definition) is 18. The fraction of sp³-hybridized carbons (Fsp3) is 0.364. The van der Waals surface area contributed by atoms with Gasteiger partial charge in [0.25, 0.3) is 11.8 Å². The SMILES string of the molecule is COc1ccc2sc(N=Nc3ccc(N(CCO)CCO)cc3)[n+](CC(=O)NCCSSCCNC(=O)C[n+]3c(N=Nc4ccc(N(CCO)CCO)cc4)sc4ccc(OC)cc43)c2c1. The van der Waals surface area contributed by atoms with Crippen molar-refractivity contribution < 1.29 is 48.6 Å². The Hall–Kier alpha value is -5.46. The van der Waals surface area contributed by atoms with Crippen molar-refractivity contribution in [2.24, 2.45) is 20.5 Å². The number of fused-ring (bicyclic) bond motifs is 2. The molecule has 22 heteroatoms. The molecule has 350 valence electrons. The molecule has 0 aliphatic carbocycles. The molecule has 0 radical (unpaired) electrons. The minimum atomic E-state index is -0.179. The molecule has 0 bridgehead atoms. The molecular formula is C44H54N10O8S4+2. The van der Waals surface area contributed by atoms with Gasteiger partial charge in [-0.1, -0.05) is 21.6 Å². The van der Waals surface area contributed by atoms with E-state index in [2.05, 4.69) is 31.1 Å². The monoisotopic (exact) mass is 978 g/mol. The van der Waals surface area contributed by atoms with Crippen LogP contribution in [0, 0.1) is 0 Å². The number of carbonyl (C=O) groups excluding carboxylic acids is 2. The molecule has 66 heavy (non-hydrogen) atoms. The van der Waals surface area contributed by atoms with E-state index >= 15 is 0 Å².